The molecule has 0 saturated heterocycles. The topological polar surface area (TPSA) is 37.4 Å². The van der Waals surface area contributed by atoms with E-state index in [0.29, 0.717) is 6.07 Å². The molecule has 21 heavy (non-hydrogen) atoms. The number of rotatable bonds is 2. The maximum atomic E-state index is 13.6. The maximum Gasteiger partial charge on any atom is 0.299 e. The summed E-state index contributed by atoms with van der Waals surface area (Å²) >= 11 is 0. The largest absolute Gasteiger partial charge is 0.300 e. The van der Waals surface area contributed by atoms with E-state index >= 15 is 0 Å². The van der Waals surface area contributed by atoms with Gasteiger partial charge in [0.1, 0.15) is 5.82 Å². The Labute approximate surface area is 117 Å². The molecule has 6 heteroatoms. The van der Waals surface area contributed by atoms with Gasteiger partial charge in [-0.05, 0) is 12.1 Å². The second-order valence-corrected chi connectivity index (χ2v) is 4.60. The lowest BCUT2D eigenvalue weighted by Crippen LogP contribution is -2.29. The zero-order valence-corrected chi connectivity index (χ0v) is 10.6. The van der Waals surface area contributed by atoms with Gasteiger partial charge in [-0.2, -0.15) is 0 Å². The minimum Gasteiger partial charge on any atom is -0.300 e. The number of carbonyl (C=O) groups excluding carboxylic acids is 2. The van der Waals surface area contributed by atoms with Crippen molar-refractivity contribution in [1.82, 2.24) is 0 Å². The second-order valence-electron chi connectivity index (χ2n) is 4.60. The summed E-state index contributed by atoms with van der Waals surface area (Å²) in [6.45, 7) is -0.227. The SMILES string of the molecule is O=C1C(=O)N(Cc2ccccc2F)c2cc(F)c(F)cc21. The van der Waals surface area contributed by atoms with Gasteiger partial charge in [0, 0.05) is 11.6 Å². The first-order chi connectivity index (χ1) is 9.99. The van der Waals surface area contributed by atoms with E-state index in [1.54, 1.807) is 6.07 Å². The number of anilines is 1. The molecule has 1 heterocycles. The number of ketones is 1. The average Bonchev–Trinajstić information content (AvgIpc) is 2.67. The van der Waals surface area contributed by atoms with Gasteiger partial charge in [-0.15, -0.1) is 0 Å². The van der Waals surface area contributed by atoms with Gasteiger partial charge in [0.15, 0.2) is 11.6 Å². The Morgan fingerprint density at radius 1 is 0.905 bits per heavy atom. The lowest BCUT2D eigenvalue weighted by Gasteiger charge is -2.17. The Morgan fingerprint density at radius 2 is 1.57 bits per heavy atom. The highest BCUT2D eigenvalue weighted by molar-refractivity contribution is 6.52. The van der Waals surface area contributed by atoms with E-state index in [0.717, 1.165) is 11.0 Å². The molecule has 1 aliphatic heterocycles. The number of hydrogen-bond acceptors (Lipinski definition) is 2. The highest BCUT2D eigenvalue weighted by Crippen LogP contribution is 2.32. The van der Waals surface area contributed by atoms with Gasteiger partial charge in [-0.3, -0.25) is 9.59 Å². The fourth-order valence-corrected chi connectivity index (χ4v) is 2.24. The van der Waals surface area contributed by atoms with Gasteiger partial charge >= 0.3 is 0 Å². The standard InChI is InChI=1S/C15H8F3NO2/c16-10-4-2-1-3-8(10)7-19-13-6-12(18)11(17)5-9(13)14(20)15(19)21/h1-6H,7H2. The van der Waals surface area contributed by atoms with Gasteiger partial charge in [0.05, 0.1) is 17.8 Å². The third-order valence-corrected chi connectivity index (χ3v) is 3.30. The summed E-state index contributed by atoms with van der Waals surface area (Å²) in [4.78, 5) is 24.6. The molecule has 0 spiro atoms. The van der Waals surface area contributed by atoms with Crippen LogP contribution in [-0.2, 0) is 11.3 Å². The number of Topliss-reactive ketones (excluding diaryl/α,β-unsaturated/α-hetero) is 1. The fourth-order valence-electron chi connectivity index (χ4n) is 2.24. The van der Waals surface area contributed by atoms with E-state index in [-0.39, 0.29) is 23.4 Å². The van der Waals surface area contributed by atoms with E-state index in [9.17, 15) is 22.8 Å². The van der Waals surface area contributed by atoms with Gasteiger partial charge < -0.3 is 4.90 Å². The molecule has 2 aromatic carbocycles. The number of hydrogen-bond donors (Lipinski definition) is 0. The fraction of sp³-hybridized carbons (Fsp3) is 0.0667. The molecule has 0 unspecified atom stereocenters. The van der Waals surface area contributed by atoms with Gasteiger partial charge in [-0.1, -0.05) is 18.2 Å². The Morgan fingerprint density at radius 3 is 2.29 bits per heavy atom. The molecule has 0 radical (unpaired) electrons. The van der Waals surface area contributed by atoms with Gasteiger partial charge in [0.25, 0.3) is 11.7 Å². The number of benzene rings is 2. The van der Waals surface area contributed by atoms with Crippen LogP contribution in [0.3, 0.4) is 0 Å². The summed E-state index contributed by atoms with van der Waals surface area (Å²) in [6, 6.07) is 7.18. The van der Waals surface area contributed by atoms with Crippen LogP contribution in [0.2, 0.25) is 0 Å². The lowest BCUT2D eigenvalue weighted by atomic mass is 10.1. The molecule has 0 N–H and O–H groups in total. The van der Waals surface area contributed by atoms with Crippen LogP contribution in [-0.4, -0.2) is 11.7 Å². The van der Waals surface area contributed by atoms with E-state index in [4.69, 9.17) is 0 Å². The third-order valence-electron chi connectivity index (χ3n) is 3.30. The minimum absolute atomic E-state index is 0.0489. The summed E-state index contributed by atoms with van der Waals surface area (Å²) in [5.41, 5.74) is -0.0846. The first kappa shape index (κ1) is 13.4. The molecular formula is C15H8F3NO2. The summed E-state index contributed by atoms with van der Waals surface area (Å²) in [6.07, 6.45) is 0. The van der Waals surface area contributed by atoms with Crippen LogP contribution in [0.1, 0.15) is 15.9 Å². The zero-order valence-electron chi connectivity index (χ0n) is 10.6. The summed E-state index contributed by atoms with van der Waals surface area (Å²) < 4.78 is 40.1. The predicted molar refractivity (Wildman–Crippen MR) is 68.3 cm³/mol. The van der Waals surface area contributed by atoms with Crippen molar-refractivity contribution in [2.24, 2.45) is 0 Å². The van der Waals surface area contributed by atoms with Crippen molar-refractivity contribution in [2.75, 3.05) is 4.90 Å². The van der Waals surface area contributed by atoms with Gasteiger partial charge in [0.2, 0.25) is 0 Å². The van der Waals surface area contributed by atoms with Crippen molar-refractivity contribution >= 4 is 17.4 Å². The third kappa shape index (κ3) is 2.08. The highest BCUT2D eigenvalue weighted by atomic mass is 19.2. The first-order valence-corrected chi connectivity index (χ1v) is 6.07. The first-order valence-electron chi connectivity index (χ1n) is 6.07. The van der Waals surface area contributed by atoms with Crippen LogP contribution in [0.5, 0.6) is 0 Å². The predicted octanol–water partition coefficient (Wildman–Crippen LogP) is 2.83. The number of carbonyl (C=O) groups is 2. The molecule has 0 atom stereocenters. The number of amides is 1. The van der Waals surface area contributed by atoms with E-state index in [1.807, 2.05) is 0 Å². The average molecular weight is 291 g/mol. The van der Waals surface area contributed by atoms with Crippen LogP contribution in [0.4, 0.5) is 18.9 Å². The molecule has 0 bridgehead atoms. The molecular weight excluding hydrogens is 283 g/mol. The van der Waals surface area contributed by atoms with Crippen LogP contribution >= 0.6 is 0 Å². The zero-order chi connectivity index (χ0) is 15.1. The number of fused-ring (bicyclic) bond motifs is 1. The van der Waals surface area contributed by atoms with Crippen molar-refractivity contribution in [3.63, 3.8) is 0 Å². The van der Waals surface area contributed by atoms with Crippen molar-refractivity contribution in [3.8, 4) is 0 Å². The van der Waals surface area contributed by atoms with E-state index in [1.165, 1.54) is 18.2 Å². The van der Waals surface area contributed by atoms with Crippen molar-refractivity contribution in [1.29, 1.82) is 0 Å². The van der Waals surface area contributed by atoms with Crippen molar-refractivity contribution in [2.45, 2.75) is 6.54 Å². The van der Waals surface area contributed by atoms with Crippen LogP contribution in [0.15, 0.2) is 36.4 Å². The summed E-state index contributed by atoms with van der Waals surface area (Å²) in [7, 11) is 0. The molecule has 1 aliphatic rings. The Bertz CT molecular complexity index is 774. The smallest absolute Gasteiger partial charge is 0.299 e. The van der Waals surface area contributed by atoms with Gasteiger partial charge in [-0.25, -0.2) is 13.2 Å². The molecule has 106 valence electrons. The number of nitrogens with zero attached hydrogens (tertiary/aromatic N) is 1. The van der Waals surface area contributed by atoms with E-state index in [2.05, 4.69) is 0 Å². The quantitative estimate of drug-likeness (QED) is 0.798. The Kier molecular flexibility index (Phi) is 3.01. The van der Waals surface area contributed by atoms with Crippen LogP contribution in [0.25, 0.3) is 0 Å². The Hall–Kier alpha value is -2.63. The highest BCUT2D eigenvalue weighted by Gasteiger charge is 2.37. The molecule has 1 amide bonds. The normalized spacial score (nSPS) is 13.8. The number of halogens is 3. The molecule has 0 aliphatic carbocycles. The molecule has 0 fully saturated rings. The molecule has 0 aromatic heterocycles. The Balaban J connectivity index is 2.06. The maximum absolute atomic E-state index is 13.6. The van der Waals surface area contributed by atoms with E-state index < -0.39 is 29.1 Å². The van der Waals surface area contributed by atoms with Crippen LogP contribution in [0, 0.1) is 17.5 Å². The molecule has 3 nitrogen and oxygen atoms in total. The molecule has 0 saturated carbocycles. The van der Waals surface area contributed by atoms with Crippen molar-refractivity contribution in [3.05, 3.63) is 65.0 Å². The summed E-state index contributed by atoms with van der Waals surface area (Å²) in [5, 5.41) is 0. The minimum atomic E-state index is -1.21. The molecule has 3 rings (SSSR count). The second kappa shape index (κ2) is 4.73. The summed E-state index contributed by atoms with van der Waals surface area (Å²) in [5.74, 6) is -4.79. The monoisotopic (exact) mass is 291 g/mol. The van der Waals surface area contributed by atoms with Crippen molar-refractivity contribution < 1.29 is 22.8 Å². The lowest BCUT2D eigenvalue weighted by molar-refractivity contribution is -0.114. The molecule has 2 aromatic rings. The van der Waals surface area contributed by atoms with Crippen LogP contribution < -0.4 is 4.90 Å².